The molecule has 0 aliphatic heterocycles. The van der Waals surface area contributed by atoms with Crippen LogP contribution in [-0.2, 0) is 21.7 Å². The SMILES string of the molecule is CCCC(C)(O)c1ccc(COC(=O)C(C)(C)CC)cc1. The molecule has 1 rings (SSSR count). The first-order valence-electron chi connectivity index (χ1n) is 7.72. The molecule has 3 nitrogen and oxygen atoms in total. The van der Waals surface area contributed by atoms with Crippen molar-refractivity contribution in [3.8, 4) is 0 Å². The smallest absolute Gasteiger partial charge is 0.311 e. The Hall–Kier alpha value is -1.35. The molecule has 0 fully saturated rings. The third kappa shape index (κ3) is 4.85. The standard InChI is InChI=1S/C18H28O3/c1-6-12-18(5,20)15-10-8-14(9-11-15)13-21-16(19)17(3,4)7-2/h8-11,20H,6-7,12-13H2,1-5H3. The van der Waals surface area contributed by atoms with Crippen LogP contribution in [0.1, 0.15) is 65.0 Å². The van der Waals surface area contributed by atoms with Crippen LogP contribution in [0.15, 0.2) is 24.3 Å². The minimum absolute atomic E-state index is 0.174. The van der Waals surface area contributed by atoms with Crippen LogP contribution in [-0.4, -0.2) is 11.1 Å². The van der Waals surface area contributed by atoms with Crippen LogP contribution in [0, 0.1) is 5.41 Å². The fraction of sp³-hybridized carbons (Fsp3) is 0.611. The van der Waals surface area contributed by atoms with E-state index in [2.05, 4.69) is 6.92 Å². The first-order chi connectivity index (χ1) is 9.73. The molecule has 0 aliphatic carbocycles. The summed E-state index contributed by atoms with van der Waals surface area (Å²) < 4.78 is 5.36. The minimum Gasteiger partial charge on any atom is -0.460 e. The van der Waals surface area contributed by atoms with Gasteiger partial charge in [-0.25, -0.2) is 0 Å². The summed E-state index contributed by atoms with van der Waals surface area (Å²) in [5, 5.41) is 10.3. The number of esters is 1. The van der Waals surface area contributed by atoms with Gasteiger partial charge in [-0.05, 0) is 44.7 Å². The van der Waals surface area contributed by atoms with E-state index in [-0.39, 0.29) is 12.6 Å². The fourth-order valence-corrected chi connectivity index (χ4v) is 2.08. The molecule has 0 aromatic heterocycles. The van der Waals surface area contributed by atoms with Gasteiger partial charge in [0.25, 0.3) is 0 Å². The maximum atomic E-state index is 11.9. The predicted molar refractivity (Wildman–Crippen MR) is 84.8 cm³/mol. The molecule has 0 radical (unpaired) electrons. The van der Waals surface area contributed by atoms with E-state index in [1.165, 1.54) is 0 Å². The van der Waals surface area contributed by atoms with Crippen molar-refractivity contribution >= 4 is 5.97 Å². The van der Waals surface area contributed by atoms with Crippen molar-refractivity contribution < 1.29 is 14.6 Å². The second-order valence-corrected chi connectivity index (χ2v) is 6.53. The molecule has 0 bridgehead atoms. The number of rotatable bonds is 7. The van der Waals surface area contributed by atoms with Gasteiger partial charge >= 0.3 is 5.97 Å². The monoisotopic (exact) mass is 292 g/mol. The number of ether oxygens (including phenoxy) is 1. The van der Waals surface area contributed by atoms with E-state index in [1.807, 2.05) is 52.0 Å². The molecule has 0 saturated carbocycles. The topological polar surface area (TPSA) is 46.5 Å². The Balaban J connectivity index is 2.66. The molecular formula is C18H28O3. The van der Waals surface area contributed by atoms with Gasteiger partial charge in [-0.1, -0.05) is 44.5 Å². The fourth-order valence-electron chi connectivity index (χ4n) is 2.08. The Morgan fingerprint density at radius 1 is 1.14 bits per heavy atom. The maximum Gasteiger partial charge on any atom is 0.311 e. The van der Waals surface area contributed by atoms with E-state index in [1.54, 1.807) is 0 Å². The number of hydrogen-bond acceptors (Lipinski definition) is 3. The summed E-state index contributed by atoms with van der Waals surface area (Å²) in [5.74, 6) is -0.174. The molecule has 3 heteroatoms. The van der Waals surface area contributed by atoms with Crippen molar-refractivity contribution in [1.29, 1.82) is 0 Å². The van der Waals surface area contributed by atoms with Gasteiger partial charge in [-0.3, -0.25) is 4.79 Å². The van der Waals surface area contributed by atoms with E-state index in [4.69, 9.17) is 4.74 Å². The van der Waals surface area contributed by atoms with Gasteiger partial charge in [0.1, 0.15) is 6.61 Å². The van der Waals surface area contributed by atoms with Crippen LogP contribution >= 0.6 is 0 Å². The number of carbonyl (C=O) groups is 1. The normalized spacial score (nSPS) is 14.6. The van der Waals surface area contributed by atoms with Crippen molar-refractivity contribution in [2.45, 2.75) is 66.1 Å². The van der Waals surface area contributed by atoms with E-state index in [0.29, 0.717) is 0 Å². The van der Waals surface area contributed by atoms with E-state index < -0.39 is 11.0 Å². The maximum absolute atomic E-state index is 11.9. The van der Waals surface area contributed by atoms with Crippen LogP contribution < -0.4 is 0 Å². The quantitative estimate of drug-likeness (QED) is 0.767. The molecule has 1 aromatic carbocycles. The zero-order chi connectivity index (χ0) is 16.1. The first kappa shape index (κ1) is 17.7. The second kappa shape index (κ2) is 7.08. The highest BCUT2D eigenvalue weighted by Crippen LogP contribution is 2.26. The van der Waals surface area contributed by atoms with E-state index in [9.17, 15) is 9.90 Å². The van der Waals surface area contributed by atoms with Crippen molar-refractivity contribution in [3.05, 3.63) is 35.4 Å². The molecule has 118 valence electrons. The number of benzene rings is 1. The summed E-state index contributed by atoms with van der Waals surface area (Å²) in [4.78, 5) is 11.9. The lowest BCUT2D eigenvalue weighted by Crippen LogP contribution is -2.25. The predicted octanol–water partition coefficient (Wildman–Crippen LogP) is 4.17. The van der Waals surface area contributed by atoms with Crippen LogP contribution in [0.3, 0.4) is 0 Å². The lowest BCUT2D eigenvalue weighted by Gasteiger charge is -2.23. The van der Waals surface area contributed by atoms with E-state index >= 15 is 0 Å². The highest BCUT2D eigenvalue weighted by atomic mass is 16.5. The highest BCUT2D eigenvalue weighted by Gasteiger charge is 2.27. The van der Waals surface area contributed by atoms with Gasteiger partial charge < -0.3 is 9.84 Å². The molecule has 0 spiro atoms. The number of carbonyl (C=O) groups excluding carboxylic acids is 1. The zero-order valence-electron chi connectivity index (χ0n) is 13.9. The van der Waals surface area contributed by atoms with Gasteiger partial charge in [0.05, 0.1) is 11.0 Å². The van der Waals surface area contributed by atoms with Crippen molar-refractivity contribution in [2.75, 3.05) is 0 Å². The molecule has 0 aliphatic rings. The summed E-state index contributed by atoms with van der Waals surface area (Å²) in [7, 11) is 0. The number of hydrogen-bond donors (Lipinski definition) is 1. The summed E-state index contributed by atoms with van der Waals surface area (Å²) in [6.45, 7) is 9.91. The average molecular weight is 292 g/mol. The largest absolute Gasteiger partial charge is 0.460 e. The Kier molecular flexibility index (Phi) is 5.97. The van der Waals surface area contributed by atoms with Crippen molar-refractivity contribution in [2.24, 2.45) is 5.41 Å². The second-order valence-electron chi connectivity index (χ2n) is 6.53. The van der Waals surface area contributed by atoms with Gasteiger partial charge in [-0.2, -0.15) is 0 Å². The molecule has 1 N–H and O–H groups in total. The first-order valence-corrected chi connectivity index (χ1v) is 7.72. The zero-order valence-corrected chi connectivity index (χ0v) is 13.9. The van der Waals surface area contributed by atoms with E-state index in [0.717, 1.165) is 30.4 Å². The van der Waals surface area contributed by atoms with Crippen molar-refractivity contribution in [3.63, 3.8) is 0 Å². The molecule has 1 aromatic rings. The summed E-state index contributed by atoms with van der Waals surface area (Å²) >= 11 is 0. The van der Waals surface area contributed by atoms with Crippen molar-refractivity contribution in [1.82, 2.24) is 0 Å². The minimum atomic E-state index is -0.797. The molecule has 0 amide bonds. The summed E-state index contributed by atoms with van der Waals surface area (Å²) in [6, 6.07) is 7.63. The lowest BCUT2D eigenvalue weighted by molar-refractivity contribution is -0.155. The third-order valence-electron chi connectivity index (χ3n) is 4.12. The van der Waals surface area contributed by atoms with Gasteiger partial charge in [0, 0.05) is 0 Å². The van der Waals surface area contributed by atoms with Gasteiger partial charge in [-0.15, -0.1) is 0 Å². The van der Waals surface area contributed by atoms with Crippen LogP contribution in [0.4, 0.5) is 0 Å². The molecule has 0 saturated heterocycles. The highest BCUT2D eigenvalue weighted by molar-refractivity contribution is 5.75. The Morgan fingerprint density at radius 2 is 1.71 bits per heavy atom. The molecule has 21 heavy (non-hydrogen) atoms. The molecule has 1 atom stereocenters. The number of aliphatic hydroxyl groups is 1. The Bertz CT molecular complexity index is 458. The molecule has 1 unspecified atom stereocenters. The molecular weight excluding hydrogens is 264 g/mol. The van der Waals surface area contributed by atoms with Crippen LogP contribution in [0.5, 0.6) is 0 Å². The van der Waals surface area contributed by atoms with Gasteiger partial charge in [0.15, 0.2) is 0 Å². The summed E-state index contributed by atoms with van der Waals surface area (Å²) in [6.07, 6.45) is 2.41. The third-order valence-corrected chi connectivity index (χ3v) is 4.12. The average Bonchev–Trinajstić information content (AvgIpc) is 2.45. The Morgan fingerprint density at radius 3 is 2.19 bits per heavy atom. The summed E-state index contributed by atoms with van der Waals surface area (Å²) in [5.41, 5.74) is 0.596. The van der Waals surface area contributed by atoms with Crippen LogP contribution in [0.25, 0.3) is 0 Å². The van der Waals surface area contributed by atoms with Crippen LogP contribution in [0.2, 0.25) is 0 Å². The lowest BCUT2D eigenvalue weighted by atomic mass is 9.90. The Labute approximate surface area is 128 Å². The van der Waals surface area contributed by atoms with Gasteiger partial charge in [0.2, 0.25) is 0 Å². The molecule has 0 heterocycles.